The van der Waals surface area contributed by atoms with E-state index in [-0.39, 0.29) is 11.1 Å². The van der Waals surface area contributed by atoms with Crippen molar-refractivity contribution in [2.24, 2.45) is 0 Å². The van der Waals surface area contributed by atoms with Gasteiger partial charge in [-0.15, -0.1) is 6.42 Å². The van der Waals surface area contributed by atoms with Crippen LogP contribution in [-0.4, -0.2) is 5.11 Å². The largest absolute Gasteiger partial charge is 0.508 e. The summed E-state index contributed by atoms with van der Waals surface area (Å²) in [5, 5.41) is 10.00. The van der Waals surface area contributed by atoms with Crippen LogP contribution in [0.3, 0.4) is 0 Å². The Labute approximate surface area is 139 Å². The fraction of sp³-hybridized carbons (Fsp3) is 0.400. The van der Waals surface area contributed by atoms with Crippen LogP contribution in [0.1, 0.15) is 59.6 Å². The van der Waals surface area contributed by atoms with Crippen LogP contribution in [0.4, 0.5) is 8.78 Å². The summed E-state index contributed by atoms with van der Waals surface area (Å²) in [4.78, 5) is 0. The van der Waals surface area contributed by atoms with E-state index in [9.17, 15) is 13.9 Å². The Morgan fingerprint density at radius 1 is 1.00 bits per heavy atom. The van der Waals surface area contributed by atoms with Gasteiger partial charge in [0.25, 0.3) is 0 Å². The smallest absolute Gasteiger partial charge is 0.166 e. The van der Waals surface area contributed by atoms with Gasteiger partial charge in [-0.1, -0.05) is 54.4 Å². The molecule has 2 aromatic rings. The Balaban J connectivity index is 0. The summed E-state index contributed by atoms with van der Waals surface area (Å²) in [5.74, 6) is 0.265. The van der Waals surface area contributed by atoms with Gasteiger partial charge in [-0.05, 0) is 30.2 Å². The minimum Gasteiger partial charge on any atom is -0.508 e. The second-order valence-corrected chi connectivity index (χ2v) is 3.75. The van der Waals surface area contributed by atoms with Crippen molar-refractivity contribution in [2.75, 3.05) is 0 Å². The van der Waals surface area contributed by atoms with Crippen molar-refractivity contribution in [2.45, 2.75) is 54.9 Å². The molecule has 0 unspecified atom stereocenters. The molecule has 0 aromatic heterocycles. The van der Waals surface area contributed by atoms with Crippen LogP contribution in [0, 0.1) is 24.0 Å². The average molecular weight is 322 g/mol. The number of hydrogen-bond acceptors (Lipinski definition) is 1. The Bertz CT molecular complexity index is 640. The monoisotopic (exact) mass is 322 g/mol. The van der Waals surface area contributed by atoms with Gasteiger partial charge in [-0.3, -0.25) is 0 Å². The molecule has 0 aliphatic carbocycles. The van der Waals surface area contributed by atoms with Crippen molar-refractivity contribution in [3.05, 3.63) is 41.0 Å². The van der Waals surface area contributed by atoms with Crippen LogP contribution in [0.2, 0.25) is 0 Å². The highest BCUT2D eigenvalue weighted by Crippen LogP contribution is 2.31. The van der Waals surface area contributed by atoms with E-state index in [1.54, 1.807) is 0 Å². The fourth-order valence-corrected chi connectivity index (χ4v) is 1.96. The number of terminal acetylenes is 1. The highest BCUT2D eigenvalue weighted by molar-refractivity contribution is 5.92. The summed E-state index contributed by atoms with van der Waals surface area (Å²) in [5.41, 5.74) is 1.00. The maximum absolute atomic E-state index is 13.7. The molecular weight excluding hydrogens is 294 g/mol. The zero-order valence-electron chi connectivity index (χ0n) is 15.2. The highest BCUT2D eigenvalue weighted by atomic mass is 19.2. The van der Waals surface area contributed by atoms with Crippen molar-refractivity contribution in [1.82, 2.24) is 0 Å². The molecule has 0 atom stereocenters. The number of halogens is 2. The summed E-state index contributed by atoms with van der Waals surface area (Å²) in [6, 6.07) is 3.71. The third-order valence-corrected chi connectivity index (χ3v) is 2.73. The van der Waals surface area contributed by atoms with Crippen molar-refractivity contribution in [3.63, 3.8) is 0 Å². The zero-order chi connectivity index (χ0) is 18.6. The lowest BCUT2D eigenvalue weighted by Crippen LogP contribution is -1.94. The van der Waals surface area contributed by atoms with Crippen molar-refractivity contribution >= 4 is 10.8 Å². The van der Waals surface area contributed by atoms with E-state index in [4.69, 9.17) is 6.42 Å². The molecule has 0 saturated heterocycles. The van der Waals surface area contributed by atoms with Crippen LogP contribution in [0.15, 0.2) is 18.2 Å². The molecule has 1 nitrogen and oxygen atoms in total. The van der Waals surface area contributed by atoms with Crippen LogP contribution in [-0.2, 0) is 6.42 Å². The molecule has 2 aromatic carbocycles. The second kappa shape index (κ2) is 12.5. The molecule has 0 spiro atoms. The lowest BCUT2D eigenvalue weighted by Gasteiger charge is -2.09. The number of aromatic hydroxyl groups is 1. The molecule has 23 heavy (non-hydrogen) atoms. The normalized spacial score (nSPS) is 8.52. The summed E-state index contributed by atoms with van der Waals surface area (Å²) < 4.78 is 27.0. The minimum absolute atomic E-state index is 0.0230. The molecule has 128 valence electrons. The number of benzene rings is 2. The second-order valence-electron chi connectivity index (χ2n) is 3.75. The molecule has 0 radical (unpaired) electrons. The Morgan fingerprint density at radius 3 is 1.96 bits per heavy atom. The Hall–Kier alpha value is -2.08. The van der Waals surface area contributed by atoms with Gasteiger partial charge in [0.2, 0.25) is 0 Å². The van der Waals surface area contributed by atoms with Gasteiger partial charge in [-0.25, -0.2) is 8.78 Å². The molecule has 1 N–H and O–H groups in total. The summed E-state index contributed by atoms with van der Waals surface area (Å²) in [7, 11) is 0. The van der Waals surface area contributed by atoms with Crippen LogP contribution >= 0.6 is 0 Å². The van der Waals surface area contributed by atoms with Crippen LogP contribution < -0.4 is 0 Å². The fourth-order valence-electron chi connectivity index (χ4n) is 1.96. The molecule has 0 amide bonds. The van der Waals surface area contributed by atoms with Crippen LogP contribution in [0.25, 0.3) is 10.8 Å². The number of phenols is 1. The van der Waals surface area contributed by atoms with Crippen LogP contribution in [0.5, 0.6) is 5.75 Å². The van der Waals surface area contributed by atoms with E-state index >= 15 is 0 Å². The first kappa shape index (κ1) is 23.2. The van der Waals surface area contributed by atoms with Crippen molar-refractivity contribution in [3.8, 4) is 18.1 Å². The maximum Gasteiger partial charge on any atom is 0.166 e. The van der Waals surface area contributed by atoms with Gasteiger partial charge < -0.3 is 5.11 Å². The summed E-state index contributed by atoms with van der Waals surface area (Å²) in [6.45, 7) is 13.9. The molecule has 2 rings (SSSR count). The van der Waals surface area contributed by atoms with Crippen molar-refractivity contribution < 1.29 is 13.9 Å². The SMILES string of the molecule is C#Cc1cc(F)c(F)c2cc(O)cc(CC)c12.CC.CC.CC. The number of hydrogen-bond donors (Lipinski definition) is 1. The zero-order valence-corrected chi connectivity index (χ0v) is 15.2. The van der Waals surface area contributed by atoms with Gasteiger partial charge in [0, 0.05) is 16.3 Å². The number of rotatable bonds is 1. The summed E-state index contributed by atoms with van der Waals surface area (Å²) >= 11 is 0. The van der Waals surface area contributed by atoms with Crippen molar-refractivity contribution in [1.29, 1.82) is 0 Å². The number of fused-ring (bicyclic) bond motifs is 1. The quantitative estimate of drug-likeness (QED) is 0.598. The number of phenolic OH excluding ortho intramolecular Hbond substituents is 1. The van der Waals surface area contributed by atoms with E-state index in [0.29, 0.717) is 22.9 Å². The number of aryl methyl sites for hydroxylation is 1. The molecule has 0 aliphatic rings. The first-order chi connectivity index (χ1) is 11.1. The molecule has 0 heterocycles. The molecule has 0 bridgehead atoms. The summed E-state index contributed by atoms with van der Waals surface area (Å²) in [6.07, 6.45) is 5.87. The predicted octanol–water partition coefficient (Wildman–Crippen LogP) is 6.45. The Morgan fingerprint density at radius 2 is 1.52 bits per heavy atom. The molecule has 3 heteroatoms. The van der Waals surface area contributed by atoms with Gasteiger partial charge in [0.15, 0.2) is 11.6 Å². The Kier molecular flexibility index (Phi) is 12.6. The van der Waals surface area contributed by atoms with E-state index in [1.807, 2.05) is 48.5 Å². The van der Waals surface area contributed by atoms with E-state index < -0.39 is 11.6 Å². The highest BCUT2D eigenvalue weighted by Gasteiger charge is 2.14. The van der Waals surface area contributed by atoms with Gasteiger partial charge >= 0.3 is 0 Å². The minimum atomic E-state index is -1.00. The predicted molar refractivity (Wildman–Crippen MR) is 96.9 cm³/mol. The topological polar surface area (TPSA) is 20.2 Å². The first-order valence-electron chi connectivity index (χ1n) is 8.18. The molecular formula is C20H28F2O. The third-order valence-electron chi connectivity index (χ3n) is 2.73. The molecule has 0 aliphatic heterocycles. The van der Waals surface area contributed by atoms with E-state index in [2.05, 4.69) is 5.92 Å². The van der Waals surface area contributed by atoms with E-state index in [1.165, 1.54) is 12.1 Å². The average Bonchev–Trinajstić information content (AvgIpc) is 2.62. The van der Waals surface area contributed by atoms with Gasteiger partial charge in [-0.2, -0.15) is 0 Å². The molecule has 0 fully saturated rings. The third kappa shape index (κ3) is 5.56. The maximum atomic E-state index is 13.7. The standard InChI is InChI=1S/C14H10F2O.3C2H6/c1-3-8-5-10(17)7-11-13(8)9(4-2)6-12(15)14(11)16;3*1-2/h2,5-7,17H,3H2,1H3;3*1-2H3. The lowest BCUT2D eigenvalue weighted by atomic mass is 9.97. The lowest BCUT2D eigenvalue weighted by molar-refractivity contribution is 0.474. The van der Waals surface area contributed by atoms with Gasteiger partial charge in [0.05, 0.1) is 0 Å². The molecule has 0 saturated carbocycles. The first-order valence-corrected chi connectivity index (χ1v) is 8.18. The van der Waals surface area contributed by atoms with E-state index in [0.717, 1.165) is 6.07 Å². The van der Waals surface area contributed by atoms with Gasteiger partial charge in [0.1, 0.15) is 5.75 Å².